The highest BCUT2D eigenvalue weighted by Gasteiger charge is 2.30. The number of hydrogen-bond donors (Lipinski definition) is 1. The molecule has 2 aromatic rings. The van der Waals surface area contributed by atoms with Crippen molar-refractivity contribution in [1.29, 1.82) is 0 Å². The number of ether oxygens (including phenoxy) is 2. The molecule has 6 nitrogen and oxygen atoms in total. The highest BCUT2D eigenvalue weighted by Crippen LogP contribution is 2.28. The zero-order valence-corrected chi connectivity index (χ0v) is 14.8. The van der Waals surface area contributed by atoms with Crippen LogP contribution >= 0.6 is 0 Å². The molecule has 2 fully saturated rings. The van der Waals surface area contributed by atoms with Crippen molar-refractivity contribution in [2.75, 3.05) is 43.1 Å². The third-order valence-corrected chi connectivity index (χ3v) is 4.98. The summed E-state index contributed by atoms with van der Waals surface area (Å²) in [6, 6.07) is 8.06. The largest absolute Gasteiger partial charge is 0.367 e. The fourth-order valence-corrected chi connectivity index (χ4v) is 3.54. The Morgan fingerprint density at radius 2 is 1.72 bits per heavy atom. The maximum absolute atomic E-state index is 5.69. The van der Waals surface area contributed by atoms with Crippen LogP contribution in [0.4, 0.5) is 11.6 Å². The van der Waals surface area contributed by atoms with Crippen LogP contribution in [-0.4, -0.2) is 48.6 Å². The fraction of sp³-hybridized carbons (Fsp3) is 0.579. The Kier molecular flexibility index (Phi) is 4.72. The van der Waals surface area contributed by atoms with E-state index < -0.39 is 5.79 Å². The monoisotopic (exact) mass is 342 g/mol. The molecule has 1 N–H and O–H groups in total. The Morgan fingerprint density at radius 3 is 2.44 bits per heavy atom. The first-order valence-electron chi connectivity index (χ1n) is 9.27. The van der Waals surface area contributed by atoms with E-state index in [0.717, 1.165) is 48.7 Å². The van der Waals surface area contributed by atoms with Crippen molar-refractivity contribution in [3.63, 3.8) is 0 Å². The van der Waals surface area contributed by atoms with Gasteiger partial charge in [0.2, 0.25) is 0 Å². The van der Waals surface area contributed by atoms with Crippen molar-refractivity contribution >= 4 is 22.7 Å². The number of nitrogens with one attached hydrogen (secondary N) is 1. The SMILES string of the molecule is CC1(CCNc2nc3ccccc3nc2N2CCCCC2)OCCO1. The van der Waals surface area contributed by atoms with Crippen LogP contribution in [0.3, 0.4) is 0 Å². The summed E-state index contributed by atoms with van der Waals surface area (Å²) in [7, 11) is 0. The lowest BCUT2D eigenvalue weighted by molar-refractivity contribution is -0.144. The van der Waals surface area contributed by atoms with Gasteiger partial charge in [0.25, 0.3) is 0 Å². The Hall–Kier alpha value is -1.92. The number of fused-ring (bicyclic) bond motifs is 1. The van der Waals surface area contributed by atoms with Gasteiger partial charge in [0.15, 0.2) is 17.4 Å². The molecule has 2 saturated heterocycles. The molecule has 0 amide bonds. The Morgan fingerprint density at radius 1 is 1.04 bits per heavy atom. The number of piperidine rings is 1. The standard InChI is InChI=1S/C19H26N4O2/c1-19(24-13-14-25-19)9-10-20-17-18(23-11-5-2-6-12-23)22-16-8-4-3-7-15(16)21-17/h3-4,7-8H,2,5-6,9-14H2,1H3,(H,20,21). The molecular weight excluding hydrogens is 316 g/mol. The summed E-state index contributed by atoms with van der Waals surface area (Å²) in [6.45, 7) is 6.18. The van der Waals surface area contributed by atoms with Crippen LogP contribution in [0.1, 0.15) is 32.6 Å². The number of aromatic nitrogens is 2. The second-order valence-electron chi connectivity index (χ2n) is 6.94. The van der Waals surface area contributed by atoms with Gasteiger partial charge in [-0.25, -0.2) is 9.97 Å². The second kappa shape index (κ2) is 7.14. The normalized spacial score (nSPS) is 20.1. The molecule has 25 heavy (non-hydrogen) atoms. The molecule has 0 spiro atoms. The summed E-state index contributed by atoms with van der Waals surface area (Å²) in [5, 5.41) is 3.48. The predicted octanol–water partition coefficient (Wildman–Crippen LogP) is 3.19. The van der Waals surface area contributed by atoms with E-state index in [1.54, 1.807) is 0 Å². The van der Waals surface area contributed by atoms with Crippen molar-refractivity contribution in [2.24, 2.45) is 0 Å². The summed E-state index contributed by atoms with van der Waals surface area (Å²) in [5.74, 6) is 1.35. The van der Waals surface area contributed by atoms with Gasteiger partial charge in [0.05, 0.1) is 24.2 Å². The number of anilines is 2. The summed E-state index contributed by atoms with van der Waals surface area (Å²) < 4.78 is 11.4. The lowest BCUT2D eigenvalue weighted by Crippen LogP contribution is -2.32. The van der Waals surface area contributed by atoms with Gasteiger partial charge >= 0.3 is 0 Å². The third-order valence-electron chi connectivity index (χ3n) is 4.98. The quantitative estimate of drug-likeness (QED) is 0.900. The summed E-state index contributed by atoms with van der Waals surface area (Å²) in [5.41, 5.74) is 1.87. The van der Waals surface area contributed by atoms with E-state index >= 15 is 0 Å². The topological polar surface area (TPSA) is 59.5 Å². The Labute approximate surface area is 148 Å². The molecule has 1 aromatic heterocycles. The lowest BCUT2D eigenvalue weighted by Gasteiger charge is -2.29. The first-order valence-corrected chi connectivity index (χ1v) is 9.27. The zero-order valence-electron chi connectivity index (χ0n) is 14.8. The Bertz CT molecular complexity index is 724. The van der Waals surface area contributed by atoms with Gasteiger partial charge in [0, 0.05) is 26.1 Å². The van der Waals surface area contributed by atoms with Crippen molar-refractivity contribution in [3.8, 4) is 0 Å². The van der Waals surface area contributed by atoms with Crippen LogP contribution in [0.25, 0.3) is 11.0 Å². The lowest BCUT2D eigenvalue weighted by atomic mass is 10.1. The van der Waals surface area contributed by atoms with Crippen molar-refractivity contribution in [2.45, 2.75) is 38.4 Å². The van der Waals surface area contributed by atoms with Gasteiger partial charge in [-0.1, -0.05) is 12.1 Å². The van der Waals surface area contributed by atoms with Gasteiger partial charge in [-0.2, -0.15) is 0 Å². The molecule has 0 radical (unpaired) electrons. The minimum absolute atomic E-state index is 0.484. The number of rotatable bonds is 5. The Balaban J connectivity index is 1.56. The molecular formula is C19H26N4O2. The van der Waals surface area contributed by atoms with Gasteiger partial charge in [-0.3, -0.25) is 0 Å². The van der Waals surface area contributed by atoms with Crippen LogP contribution in [-0.2, 0) is 9.47 Å². The molecule has 3 heterocycles. The third kappa shape index (κ3) is 3.70. The van der Waals surface area contributed by atoms with E-state index in [4.69, 9.17) is 19.4 Å². The highest BCUT2D eigenvalue weighted by molar-refractivity contribution is 5.80. The average molecular weight is 342 g/mol. The summed E-state index contributed by atoms with van der Waals surface area (Å²) in [6.07, 6.45) is 4.51. The van der Waals surface area contributed by atoms with Crippen LogP contribution in [0.2, 0.25) is 0 Å². The molecule has 6 heteroatoms. The van der Waals surface area contributed by atoms with E-state index in [9.17, 15) is 0 Å². The maximum atomic E-state index is 5.69. The molecule has 4 rings (SSSR count). The van der Waals surface area contributed by atoms with Crippen LogP contribution < -0.4 is 10.2 Å². The molecule has 0 aliphatic carbocycles. The van der Waals surface area contributed by atoms with Crippen LogP contribution in [0, 0.1) is 0 Å². The van der Waals surface area contributed by atoms with Gasteiger partial charge in [-0.15, -0.1) is 0 Å². The maximum Gasteiger partial charge on any atom is 0.172 e. The first-order chi connectivity index (χ1) is 12.2. The van der Waals surface area contributed by atoms with Gasteiger partial charge in [-0.05, 0) is 38.3 Å². The number of hydrogen-bond acceptors (Lipinski definition) is 6. The second-order valence-corrected chi connectivity index (χ2v) is 6.94. The smallest absolute Gasteiger partial charge is 0.172 e. The van der Waals surface area contributed by atoms with Gasteiger partial charge in [0.1, 0.15) is 0 Å². The highest BCUT2D eigenvalue weighted by atomic mass is 16.7. The fourth-order valence-electron chi connectivity index (χ4n) is 3.54. The zero-order chi connectivity index (χ0) is 17.1. The first kappa shape index (κ1) is 16.5. The predicted molar refractivity (Wildman–Crippen MR) is 99.0 cm³/mol. The van der Waals surface area contributed by atoms with Crippen LogP contribution in [0.5, 0.6) is 0 Å². The molecule has 0 bridgehead atoms. The van der Waals surface area contributed by atoms with E-state index in [1.807, 2.05) is 31.2 Å². The minimum atomic E-state index is -0.484. The van der Waals surface area contributed by atoms with Gasteiger partial charge < -0.3 is 19.7 Å². The summed E-state index contributed by atoms with van der Waals surface area (Å²) >= 11 is 0. The minimum Gasteiger partial charge on any atom is -0.367 e. The van der Waals surface area contributed by atoms with E-state index in [-0.39, 0.29) is 0 Å². The number of para-hydroxylation sites is 2. The summed E-state index contributed by atoms with van der Waals surface area (Å²) in [4.78, 5) is 12.1. The van der Waals surface area contributed by atoms with E-state index in [2.05, 4.69) is 10.2 Å². The molecule has 0 unspecified atom stereocenters. The molecule has 2 aliphatic rings. The average Bonchev–Trinajstić information content (AvgIpc) is 3.08. The number of benzene rings is 1. The van der Waals surface area contributed by atoms with Crippen molar-refractivity contribution in [3.05, 3.63) is 24.3 Å². The van der Waals surface area contributed by atoms with E-state index in [1.165, 1.54) is 19.3 Å². The molecule has 134 valence electrons. The molecule has 0 saturated carbocycles. The molecule has 2 aliphatic heterocycles. The van der Waals surface area contributed by atoms with Crippen molar-refractivity contribution in [1.82, 2.24) is 9.97 Å². The number of nitrogens with zero attached hydrogens (tertiary/aromatic N) is 3. The van der Waals surface area contributed by atoms with E-state index in [0.29, 0.717) is 13.2 Å². The molecule has 1 aromatic carbocycles. The van der Waals surface area contributed by atoms with Crippen LogP contribution in [0.15, 0.2) is 24.3 Å². The molecule has 0 atom stereocenters. The van der Waals surface area contributed by atoms with Crippen molar-refractivity contribution < 1.29 is 9.47 Å².